The molecule has 0 aliphatic heterocycles. The minimum atomic E-state index is -0.273. The van der Waals surface area contributed by atoms with Crippen LogP contribution in [0.15, 0.2) is 50.5 Å². The molecule has 28 heavy (non-hydrogen) atoms. The van der Waals surface area contributed by atoms with Crippen LogP contribution in [0.3, 0.4) is 0 Å². The van der Waals surface area contributed by atoms with Gasteiger partial charge in [-0.2, -0.15) is 0 Å². The molecule has 0 aliphatic rings. The van der Waals surface area contributed by atoms with Crippen LogP contribution >= 0.6 is 39.3 Å². The molecule has 1 amide bonds. The zero-order valence-corrected chi connectivity index (χ0v) is 18.0. The Morgan fingerprint density at radius 1 is 1.21 bits per heavy atom. The number of rotatable bonds is 7. The van der Waals surface area contributed by atoms with Gasteiger partial charge < -0.3 is 19.2 Å². The van der Waals surface area contributed by atoms with E-state index in [0.29, 0.717) is 33.3 Å². The smallest absolute Gasteiger partial charge is 0.277 e. The van der Waals surface area contributed by atoms with Gasteiger partial charge in [0.15, 0.2) is 0 Å². The minimum absolute atomic E-state index is 0.0738. The number of hydrogen-bond donors (Lipinski definition) is 1. The molecule has 0 aliphatic carbocycles. The van der Waals surface area contributed by atoms with Crippen molar-refractivity contribution in [3.05, 3.63) is 45.9 Å². The van der Waals surface area contributed by atoms with Gasteiger partial charge in [-0.1, -0.05) is 35.5 Å². The van der Waals surface area contributed by atoms with Crippen LogP contribution in [0.25, 0.3) is 11.5 Å². The van der Waals surface area contributed by atoms with Crippen LogP contribution < -0.4 is 14.8 Å². The number of carbonyl (C=O) groups is 1. The molecule has 0 unspecified atom stereocenters. The first-order valence-electron chi connectivity index (χ1n) is 7.94. The number of aromatic nitrogens is 2. The average molecular weight is 485 g/mol. The lowest BCUT2D eigenvalue weighted by molar-refractivity contribution is -0.113. The molecule has 1 aromatic heterocycles. The van der Waals surface area contributed by atoms with Crippen LogP contribution in [-0.4, -0.2) is 36.1 Å². The molecule has 146 valence electrons. The number of ether oxygens (including phenoxy) is 2. The van der Waals surface area contributed by atoms with Crippen molar-refractivity contribution in [3.8, 4) is 23.0 Å². The Bertz CT molecular complexity index is 999. The van der Waals surface area contributed by atoms with Gasteiger partial charge in [0.05, 0.1) is 36.2 Å². The number of amides is 1. The van der Waals surface area contributed by atoms with Gasteiger partial charge in [-0.25, -0.2) is 0 Å². The van der Waals surface area contributed by atoms with E-state index in [-0.39, 0.29) is 11.7 Å². The normalized spacial score (nSPS) is 10.6. The number of halogens is 2. The second-order valence-corrected chi connectivity index (χ2v) is 7.56. The minimum Gasteiger partial charge on any atom is -0.495 e. The van der Waals surface area contributed by atoms with E-state index in [0.717, 1.165) is 21.8 Å². The molecule has 2 aromatic carbocycles. The number of thioether (sulfide) groups is 1. The first-order valence-corrected chi connectivity index (χ1v) is 10.1. The monoisotopic (exact) mass is 483 g/mol. The van der Waals surface area contributed by atoms with Crippen molar-refractivity contribution < 1.29 is 18.7 Å². The van der Waals surface area contributed by atoms with Crippen molar-refractivity contribution in [2.75, 3.05) is 25.3 Å². The molecule has 0 bridgehead atoms. The third kappa shape index (κ3) is 4.78. The van der Waals surface area contributed by atoms with Crippen molar-refractivity contribution in [1.82, 2.24) is 10.2 Å². The number of nitrogens with one attached hydrogen (secondary N) is 1. The number of carbonyl (C=O) groups excluding carboxylic acids is 1. The van der Waals surface area contributed by atoms with Crippen LogP contribution in [0.5, 0.6) is 11.5 Å². The summed E-state index contributed by atoms with van der Waals surface area (Å²) in [6.45, 7) is 0. The Hall–Kier alpha value is -2.23. The van der Waals surface area contributed by atoms with E-state index in [2.05, 4.69) is 31.4 Å². The van der Waals surface area contributed by atoms with Gasteiger partial charge in [-0.05, 0) is 34.1 Å². The largest absolute Gasteiger partial charge is 0.495 e. The zero-order chi connectivity index (χ0) is 20.1. The molecular weight excluding hydrogens is 470 g/mol. The number of benzene rings is 2. The van der Waals surface area contributed by atoms with Crippen molar-refractivity contribution >= 4 is 50.9 Å². The second-order valence-electron chi connectivity index (χ2n) is 5.38. The Kier molecular flexibility index (Phi) is 6.82. The fourth-order valence-corrected chi connectivity index (χ4v) is 3.54. The zero-order valence-electron chi connectivity index (χ0n) is 14.9. The lowest BCUT2D eigenvalue weighted by atomic mass is 10.2. The summed E-state index contributed by atoms with van der Waals surface area (Å²) in [5.74, 6) is 1.07. The molecule has 10 heteroatoms. The van der Waals surface area contributed by atoms with Crippen LogP contribution in [0.1, 0.15) is 0 Å². The van der Waals surface area contributed by atoms with Crippen LogP contribution in [-0.2, 0) is 4.79 Å². The quantitative estimate of drug-likeness (QED) is 0.477. The molecule has 0 fully saturated rings. The Labute approximate surface area is 178 Å². The van der Waals surface area contributed by atoms with E-state index in [9.17, 15) is 4.79 Å². The molecule has 3 aromatic rings. The van der Waals surface area contributed by atoms with Crippen molar-refractivity contribution in [1.29, 1.82) is 0 Å². The third-order valence-electron chi connectivity index (χ3n) is 3.59. The molecule has 1 heterocycles. The lowest BCUT2D eigenvalue weighted by Gasteiger charge is -2.12. The number of hydrogen-bond acceptors (Lipinski definition) is 7. The fraction of sp³-hybridized carbons (Fsp3) is 0.167. The molecule has 0 saturated heterocycles. The molecule has 0 atom stereocenters. The number of anilines is 1. The van der Waals surface area contributed by atoms with Gasteiger partial charge in [0.2, 0.25) is 11.8 Å². The highest BCUT2D eigenvalue weighted by atomic mass is 79.9. The Morgan fingerprint density at radius 3 is 2.68 bits per heavy atom. The van der Waals surface area contributed by atoms with Crippen LogP contribution in [0, 0.1) is 0 Å². The van der Waals surface area contributed by atoms with Gasteiger partial charge in [-0.15, -0.1) is 10.2 Å². The molecule has 7 nitrogen and oxygen atoms in total. The second kappa shape index (κ2) is 9.31. The van der Waals surface area contributed by atoms with Gasteiger partial charge in [0.25, 0.3) is 5.22 Å². The summed E-state index contributed by atoms with van der Waals surface area (Å²) >= 11 is 10.7. The van der Waals surface area contributed by atoms with Gasteiger partial charge in [-0.3, -0.25) is 4.79 Å². The topological polar surface area (TPSA) is 86.5 Å². The SMILES string of the molecule is COc1cc(OC)c(NC(=O)CSc2nnc(-c3ccccc3Br)o2)cc1Cl. The summed E-state index contributed by atoms with van der Waals surface area (Å²) in [5.41, 5.74) is 1.22. The van der Waals surface area contributed by atoms with E-state index in [1.54, 1.807) is 12.1 Å². The number of methoxy groups -OCH3 is 2. The lowest BCUT2D eigenvalue weighted by Crippen LogP contribution is -2.14. The Morgan fingerprint density at radius 2 is 1.96 bits per heavy atom. The standard InChI is InChI=1S/C18H15BrClN3O4S/c1-25-14-8-15(26-2)13(7-12(14)20)21-16(24)9-28-18-23-22-17(27-18)10-5-3-4-6-11(10)19/h3-8H,9H2,1-2H3,(H,21,24). The van der Waals surface area contributed by atoms with Crippen molar-refractivity contribution in [2.24, 2.45) is 0 Å². The van der Waals surface area contributed by atoms with E-state index < -0.39 is 0 Å². The summed E-state index contributed by atoms with van der Waals surface area (Å²) in [5, 5.41) is 11.4. The fourth-order valence-electron chi connectivity index (χ4n) is 2.28. The highest BCUT2D eigenvalue weighted by Crippen LogP contribution is 2.36. The summed E-state index contributed by atoms with van der Waals surface area (Å²) in [4.78, 5) is 12.3. The van der Waals surface area contributed by atoms with E-state index in [1.165, 1.54) is 14.2 Å². The van der Waals surface area contributed by atoms with E-state index in [4.69, 9.17) is 25.5 Å². The summed E-state index contributed by atoms with van der Waals surface area (Å²) < 4.78 is 16.9. The van der Waals surface area contributed by atoms with E-state index >= 15 is 0 Å². The third-order valence-corrected chi connectivity index (χ3v) is 5.39. The molecular formula is C18H15BrClN3O4S. The maximum Gasteiger partial charge on any atom is 0.277 e. The first kappa shape index (κ1) is 20.5. The maximum atomic E-state index is 12.3. The maximum absolute atomic E-state index is 12.3. The van der Waals surface area contributed by atoms with Gasteiger partial charge >= 0.3 is 0 Å². The molecule has 3 rings (SSSR count). The predicted molar refractivity (Wildman–Crippen MR) is 111 cm³/mol. The van der Waals surface area contributed by atoms with Crippen LogP contribution in [0.2, 0.25) is 5.02 Å². The first-order chi connectivity index (χ1) is 13.5. The Balaban J connectivity index is 1.64. The van der Waals surface area contributed by atoms with E-state index in [1.807, 2.05) is 24.3 Å². The predicted octanol–water partition coefficient (Wildman–Crippen LogP) is 4.90. The van der Waals surface area contributed by atoms with Crippen molar-refractivity contribution in [3.63, 3.8) is 0 Å². The molecule has 1 N–H and O–H groups in total. The van der Waals surface area contributed by atoms with Gasteiger partial charge in [0, 0.05) is 10.5 Å². The average Bonchev–Trinajstić information content (AvgIpc) is 3.16. The molecule has 0 saturated carbocycles. The number of nitrogens with zero attached hydrogens (tertiary/aromatic N) is 2. The summed E-state index contributed by atoms with van der Waals surface area (Å²) in [6.07, 6.45) is 0. The highest BCUT2D eigenvalue weighted by Gasteiger charge is 2.15. The van der Waals surface area contributed by atoms with Gasteiger partial charge in [0.1, 0.15) is 11.5 Å². The summed E-state index contributed by atoms with van der Waals surface area (Å²) in [6, 6.07) is 10.7. The highest BCUT2D eigenvalue weighted by molar-refractivity contribution is 9.10. The molecule has 0 spiro atoms. The molecule has 0 radical (unpaired) electrons. The van der Waals surface area contributed by atoms with Crippen LogP contribution in [0.4, 0.5) is 5.69 Å². The van der Waals surface area contributed by atoms with Crippen molar-refractivity contribution in [2.45, 2.75) is 5.22 Å². The summed E-state index contributed by atoms with van der Waals surface area (Å²) in [7, 11) is 3.00.